The first-order valence-electron chi connectivity index (χ1n) is 14.2. The molecule has 5 aromatic rings. The van der Waals surface area contributed by atoms with Crippen molar-refractivity contribution in [2.24, 2.45) is 0 Å². The molecule has 0 bridgehead atoms. The molecule has 1 radical (unpaired) electrons. The molecule has 1 aliphatic carbocycles. The molecule has 7 rings (SSSR count). The zero-order chi connectivity index (χ0) is 29.4. The fraction of sp³-hybridized carbons (Fsp3) is 0.250. The molecule has 2 heterocycles. The molecular formula is C36H31F2IrNO3-2. The van der Waals surface area contributed by atoms with E-state index in [0.717, 1.165) is 49.8 Å². The van der Waals surface area contributed by atoms with Crippen LogP contribution in [0.15, 0.2) is 83.4 Å². The predicted octanol–water partition coefficient (Wildman–Crippen LogP) is 10.0. The van der Waals surface area contributed by atoms with Gasteiger partial charge >= 0.3 is 0 Å². The van der Waals surface area contributed by atoms with E-state index in [1.54, 1.807) is 18.2 Å². The summed E-state index contributed by atoms with van der Waals surface area (Å²) in [6.07, 6.45) is 4.88. The maximum absolute atomic E-state index is 13.6. The number of aryl methyl sites for hydroxylation is 1. The van der Waals surface area contributed by atoms with Crippen molar-refractivity contribution in [3.8, 4) is 5.75 Å². The topological polar surface area (TPSA) is 64.5 Å². The summed E-state index contributed by atoms with van der Waals surface area (Å²) in [5, 5.41) is 16.0. The van der Waals surface area contributed by atoms with Gasteiger partial charge in [-0.1, -0.05) is 78.5 Å². The van der Waals surface area contributed by atoms with Gasteiger partial charge in [-0.05, 0) is 55.0 Å². The molecule has 1 atom stereocenters. The van der Waals surface area contributed by atoms with Crippen LogP contribution in [0.3, 0.4) is 0 Å². The summed E-state index contributed by atoms with van der Waals surface area (Å²) in [5.41, 5.74) is 7.38. The van der Waals surface area contributed by atoms with Gasteiger partial charge in [0.25, 0.3) is 0 Å². The summed E-state index contributed by atoms with van der Waals surface area (Å²) in [6.45, 7) is 3.47. The van der Waals surface area contributed by atoms with Crippen LogP contribution in [-0.4, -0.2) is 16.8 Å². The first-order chi connectivity index (χ1) is 20.2. The second-order valence-electron chi connectivity index (χ2n) is 11.2. The Bertz CT molecular complexity index is 1820. The third kappa shape index (κ3) is 6.29. The third-order valence-electron chi connectivity index (χ3n) is 8.21. The normalized spacial score (nSPS) is 17.3. The van der Waals surface area contributed by atoms with Crippen molar-refractivity contribution in [2.45, 2.75) is 57.4 Å². The number of halogens is 2. The van der Waals surface area contributed by atoms with E-state index in [9.17, 15) is 13.6 Å². The minimum atomic E-state index is -2.51. The number of hydrogen-bond donors (Lipinski definition) is 1. The Kier molecular flexibility index (Phi) is 8.86. The van der Waals surface area contributed by atoms with Crippen molar-refractivity contribution in [3.05, 3.63) is 124 Å². The largest absolute Gasteiger partial charge is 0.682 e. The van der Waals surface area contributed by atoms with Crippen molar-refractivity contribution in [2.75, 3.05) is 0 Å². The SMILES string of the molecule is CC(=O)c1ccccc1O.Cc1[c-]c(C2[N-]C=Cc3cc(C4CCC(F)(F)CC4)ccc32)c2oc3ccccc3c2c1.[Ir]. The van der Waals surface area contributed by atoms with Crippen molar-refractivity contribution < 1.29 is 43.2 Å². The third-order valence-corrected chi connectivity index (χ3v) is 8.21. The number of aromatic hydroxyl groups is 1. The number of phenols is 1. The molecule has 1 aromatic heterocycles. The van der Waals surface area contributed by atoms with Gasteiger partial charge in [0, 0.05) is 43.9 Å². The Hall–Kier alpha value is -3.80. The summed E-state index contributed by atoms with van der Waals surface area (Å²) < 4.78 is 33.5. The Morgan fingerprint density at radius 3 is 2.44 bits per heavy atom. The number of hydrogen-bond acceptors (Lipinski definition) is 3. The Morgan fingerprint density at radius 1 is 1.00 bits per heavy atom. The standard InChI is InChI=1S/C28H23F2NO.C8H8O2.Ir/c1-17-14-23-22-4-2-3-5-25(22)32-27(23)24(15-17)26-21-7-6-19(16-20(21)10-13-31-26)18-8-11-28(29,30)12-9-18;1-6(9)7-4-2-3-5-8(7)10;/h2-7,10,13-14,16,18,26H,8-9,11-12H2,1H3;2-5,10H,1H3;/q-2;;. The van der Waals surface area contributed by atoms with Crippen molar-refractivity contribution in [1.29, 1.82) is 0 Å². The fourth-order valence-corrected chi connectivity index (χ4v) is 6.03. The number of ketones is 1. The Morgan fingerprint density at radius 2 is 1.72 bits per heavy atom. The van der Waals surface area contributed by atoms with Gasteiger partial charge in [0.15, 0.2) is 5.78 Å². The number of alkyl halides is 2. The molecule has 223 valence electrons. The van der Waals surface area contributed by atoms with E-state index in [2.05, 4.69) is 36.4 Å². The van der Waals surface area contributed by atoms with E-state index in [-0.39, 0.29) is 56.4 Å². The van der Waals surface area contributed by atoms with Gasteiger partial charge in [0.1, 0.15) is 11.3 Å². The summed E-state index contributed by atoms with van der Waals surface area (Å²) in [4.78, 5) is 10.7. The van der Waals surface area contributed by atoms with Gasteiger partial charge in [0.2, 0.25) is 5.92 Å². The molecule has 1 unspecified atom stereocenters. The molecule has 1 aliphatic heterocycles. The minimum absolute atomic E-state index is 0. The molecule has 1 fully saturated rings. The van der Waals surface area contributed by atoms with E-state index < -0.39 is 5.92 Å². The van der Waals surface area contributed by atoms with E-state index in [4.69, 9.17) is 14.8 Å². The number of phenolic OH excluding ortho intramolecular Hbond substituents is 1. The quantitative estimate of drug-likeness (QED) is 0.147. The van der Waals surface area contributed by atoms with Crippen molar-refractivity contribution in [1.82, 2.24) is 0 Å². The number of para-hydroxylation sites is 2. The number of benzene rings is 4. The van der Waals surface area contributed by atoms with Crippen LogP contribution in [0.25, 0.3) is 33.3 Å². The zero-order valence-electron chi connectivity index (χ0n) is 23.9. The van der Waals surface area contributed by atoms with Crippen LogP contribution in [0.5, 0.6) is 5.75 Å². The first kappa shape index (κ1) is 30.7. The maximum Gasteiger partial charge on any atom is 0.248 e. The average Bonchev–Trinajstić information content (AvgIpc) is 3.35. The molecule has 0 saturated heterocycles. The van der Waals surface area contributed by atoms with Crippen molar-refractivity contribution in [3.63, 3.8) is 0 Å². The second-order valence-corrected chi connectivity index (χ2v) is 11.2. The molecule has 1 N–H and O–H groups in total. The van der Waals surface area contributed by atoms with Crippen LogP contribution in [0.2, 0.25) is 0 Å². The molecule has 0 spiro atoms. The number of fused-ring (bicyclic) bond motifs is 4. The Labute approximate surface area is 263 Å². The van der Waals surface area contributed by atoms with Crippen molar-refractivity contribution >= 4 is 33.8 Å². The van der Waals surface area contributed by atoms with Gasteiger partial charge in [0.05, 0.1) is 5.56 Å². The average molecular weight is 756 g/mol. The number of carbonyl (C=O) groups is 1. The predicted molar refractivity (Wildman–Crippen MR) is 162 cm³/mol. The van der Waals surface area contributed by atoms with E-state index in [1.165, 1.54) is 13.0 Å². The second kappa shape index (κ2) is 12.4. The molecule has 4 nitrogen and oxygen atoms in total. The molecule has 2 aliphatic rings. The summed E-state index contributed by atoms with van der Waals surface area (Å²) in [5.74, 6) is -2.38. The van der Waals surface area contributed by atoms with Gasteiger partial charge in [-0.15, -0.1) is 5.56 Å². The van der Waals surface area contributed by atoms with E-state index in [0.29, 0.717) is 18.4 Å². The Balaban J connectivity index is 0.000000287. The monoisotopic (exact) mass is 756 g/mol. The first-order valence-corrected chi connectivity index (χ1v) is 14.2. The summed E-state index contributed by atoms with van der Waals surface area (Å²) >= 11 is 0. The van der Waals surface area contributed by atoms with E-state index in [1.807, 2.05) is 37.4 Å². The van der Waals surface area contributed by atoms with E-state index >= 15 is 0 Å². The fourth-order valence-electron chi connectivity index (χ4n) is 6.03. The van der Waals surface area contributed by atoms with Gasteiger partial charge in [-0.25, -0.2) is 8.78 Å². The van der Waals surface area contributed by atoms with Crippen LogP contribution in [0.4, 0.5) is 8.78 Å². The van der Waals surface area contributed by atoms with Crippen LogP contribution in [-0.2, 0) is 20.1 Å². The van der Waals surface area contributed by atoms with Gasteiger partial charge < -0.3 is 14.8 Å². The number of carbonyl (C=O) groups excluding carboxylic acids is 1. The zero-order valence-corrected chi connectivity index (χ0v) is 26.3. The number of nitrogens with zero attached hydrogens (tertiary/aromatic N) is 1. The number of Topliss-reactive ketones (excluding diaryl/α,β-unsaturated/α-hetero) is 1. The minimum Gasteiger partial charge on any atom is -0.682 e. The van der Waals surface area contributed by atoms with Crippen LogP contribution in [0, 0.1) is 13.0 Å². The van der Waals surface area contributed by atoms with Crippen LogP contribution >= 0.6 is 0 Å². The maximum atomic E-state index is 13.6. The van der Waals surface area contributed by atoms with Gasteiger partial charge in [-0.2, -0.15) is 23.9 Å². The molecule has 4 aromatic carbocycles. The summed E-state index contributed by atoms with van der Waals surface area (Å²) in [7, 11) is 0. The molecule has 43 heavy (non-hydrogen) atoms. The smallest absolute Gasteiger partial charge is 0.248 e. The van der Waals surface area contributed by atoms with Crippen LogP contribution < -0.4 is 0 Å². The summed E-state index contributed by atoms with van der Waals surface area (Å²) in [6, 6.07) is 26.3. The molecule has 7 heteroatoms. The molecule has 1 saturated carbocycles. The molecular weight excluding hydrogens is 725 g/mol. The molecule has 0 amide bonds. The van der Waals surface area contributed by atoms with Crippen LogP contribution in [0.1, 0.15) is 82.7 Å². The number of furan rings is 1. The van der Waals surface area contributed by atoms with Gasteiger partial charge in [-0.3, -0.25) is 4.79 Å². The number of rotatable bonds is 3.